The summed E-state index contributed by atoms with van der Waals surface area (Å²) in [6, 6.07) is 16.8. The molecule has 0 unspecified atom stereocenters. The molecule has 1 aliphatic carbocycles. The van der Waals surface area contributed by atoms with Crippen LogP contribution in [0.15, 0.2) is 72.8 Å². The van der Waals surface area contributed by atoms with Crippen LogP contribution < -0.4 is 14.2 Å². The maximum absolute atomic E-state index is 13.1. The summed E-state index contributed by atoms with van der Waals surface area (Å²) in [5, 5.41) is 0. The molecule has 0 atom stereocenters. The molecule has 0 radical (unpaired) electrons. The third-order valence-electron chi connectivity index (χ3n) is 6.34. The number of hydrogen-bond acceptors (Lipinski definition) is 14. The zero-order valence-electron chi connectivity index (χ0n) is 26.0. The van der Waals surface area contributed by atoms with Crippen LogP contribution in [0.5, 0.6) is 17.2 Å². The Balaban J connectivity index is 1.44. The number of carbonyl (C=O) groups excluding carboxylic acids is 6. The van der Waals surface area contributed by atoms with Gasteiger partial charge in [-0.2, -0.15) is 0 Å². The molecule has 1 saturated carbocycles. The number of ether oxygens (including phenoxy) is 8. The van der Waals surface area contributed by atoms with E-state index in [0.29, 0.717) is 0 Å². The summed E-state index contributed by atoms with van der Waals surface area (Å²) in [6.45, 7) is 2.29. The van der Waals surface area contributed by atoms with Crippen molar-refractivity contribution in [3.63, 3.8) is 0 Å². The Morgan fingerprint density at radius 1 is 0.583 bits per heavy atom. The summed E-state index contributed by atoms with van der Waals surface area (Å²) in [6.07, 6.45) is -1.74. The molecular weight excluding hydrogens is 632 g/mol. The SMILES string of the molecule is CCOC(=O)Oc1cccc(C(=O)OCC(COC(=O)c2cccc(OC(=O)OCC)c2)OC(=O)c2cccc(OC(=O)C3CC3)c2)c1. The minimum Gasteiger partial charge on any atom is -0.458 e. The second kappa shape index (κ2) is 17.1. The molecule has 0 heterocycles. The number of benzene rings is 3. The standard InChI is InChI=1S/C34H32O14/c1-3-41-33(39)47-26-12-5-8-22(16-26)29(35)43-19-28(20-44-30(36)23-9-6-13-27(17-23)48-34(40)42-4-2)46-32(38)24-10-7-11-25(18-24)45-31(37)21-14-15-21/h5-13,16-18,21,28H,3-4,14-15,19-20H2,1-2H3. The van der Waals surface area contributed by atoms with Gasteiger partial charge in [-0.1, -0.05) is 18.2 Å². The van der Waals surface area contributed by atoms with Crippen molar-refractivity contribution < 1.29 is 66.7 Å². The topological polar surface area (TPSA) is 176 Å². The highest BCUT2D eigenvalue weighted by Crippen LogP contribution is 2.31. The fraction of sp³-hybridized carbons (Fsp3) is 0.294. The quantitative estimate of drug-likeness (QED) is 0.0937. The van der Waals surface area contributed by atoms with Crippen LogP contribution >= 0.6 is 0 Å². The van der Waals surface area contributed by atoms with Gasteiger partial charge < -0.3 is 37.9 Å². The lowest BCUT2D eigenvalue weighted by molar-refractivity contribution is -0.135. The average Bonchev–Trinajstić information content (AvgIpc) is 3.92. The molecule has 0 N–H and O–H groups in total. The molecule has 0 aliphatic heterocycles. The van der Waals surface area contributed by atoms with Crippen molar-refractivity contribution in [3.8, 4) is 17.2 Å². The lowest BCUT2D eigenvalue weighted by atomic mass is 10.2. The lowest BCUT2D eigenvalue weighted by Crippen LogP contribution is -2.31. The summed E-state index contributed by atoms with van der Waals surface area (Å²) in [7, 11) is 0. The van der Waals surface area contributed by atoms with Gasteiger partial charge in [0.15, 0.2) is 6.10 Å². The van der Waals surface area contributed by atoms with Gasteiger partial charge >= 0.3 is 36.2 Å². The third kappa shape index (κ3) is 10.9. The van der Waals surface area contributed by atoms with Gasteiger partial charge in [0, 0.05) is 0 Å². The van der Waals surface area contributed by atoms with E-state index < -0.39 is 55.5 Å². The van der Waals surface area contributed by atoms with Gasteiger partial charge in [-0.3, -0.25) is 4.79 Å². The van der Waals surface area contributed by atoms with Crippen molar-refractivity contribution >= 4 is 36.2 Å². The summed E-state index contributed by atoms with van der Waals surface area (Å²) < 4.78 is 41.0. The second-order valence-electron chi connectivity index (χ2n) is 10.1. The maximum atomic E-state index is 13.1. The van der Waals surface area contributed by atoms with E-state index in [1.807, 2.05) is 0 Å². The highest BCUT2D eigenvalue weighted by atomic mass is 16.7. The molecule has 14 heteroatoms. The first-order valence-electron chi connectivity index (χ1n) is 14.9. The summed E-state index contributed by atoms with van der Waals surface area (Å²) in [5.41, 5.74) is 0.0244. The smallest absolute Gasteiger partial charge is 0.458 e. The van der Waals surface area contributed by atoms with Gasteiger partial charge in [-0.15, -0.1) is 0 Å². The van der Waals surface area contributed by atoms with Gasteiger partial charge in [0.25, 0.3) is 0 Å². The first-order valence-corrected chi connectivity index (χ1v) is 14.9. The Morgan fingerprint density at radius 2 is 1.00 bits per heavy atom. The predicted molar refractivity (Wildman–Crippen MR) is 163 cm³/mol. The van der Waals surface area contributed by atoms with Gasteiger partial charge in [0.2, 0.25) is 0 Å². The fourth-order valence-electron chi connectivity index (χ4n) is 3.90. The van der Waals surface area contributed by atoms with E-state index >= 15 is 0 Å². The Morgan fingerprint density at radius 3 is 1.42 bits per heavy atom. The normalized spacial score (nSPS) is 11.9. The van der Waals surface area contributed by atoms with Crippen LogP contribution in [-0.4, -0.2) is 68.7 Å². The van der Waals surface area contributed by atoms with E-state index in [2.05, 4.69) is 0 Å². The molecule has 0 saturated heterocycles. The molecule has 1 aliphatic rings. The number of carbonyl (C=O) groups is 6. The van der Waals surface area contributed by atoms with Crippen LogP contribution in [0.4, 0.5) is 9.59 Å². The van der Waals surface area contributed by atoms with Gasteiger partial charge in [-0.25, -0.2) is 24.0 Å². The van der Waals surface area contributed by atoms with Gasteiger partial charge in [-0.05, 0) is 81.3 Å². The van der Waals surface area contributed by atoms with Crippen molar-refractivity contribution in [2.75, 3.05) is 26.4 Å². The van der Waals surface area contributed by atoms with E-state index in [1.54, 1.807) is 13.8 Å². The zero-order chi connectivity index (χ0) is 34.5. The molecule has 48 heavy (non-hydrogen) atoms. The molecular formula is C34H32O14. The summed E-state index contributed by atoms with van der Waals surface area (Å²) in [4.78, 5) is 74.2. The summed E-state index contributed by atoms with van der Waals surface area (Å²) in [5.74, 6) is -2.98. The zero-order valence-corrected chi connectivity index (χ0v) is 26.0. The van der Waals surface area contributed by atoms with Crippen molar-refractivity contribution in [1.82, 2.24) is 0 Å². The number of esters is 4. The monoisotopic (exact) mass is 664 g/mol. The van der Waals surface area contributed by atoms with Crippen LogP contribution in [0, 0.1) is 5.92 Å². The molecule has 4 rings (SSSR count). The molecule has 0 aromatic heterocycles. The number of hydrogen-bond donors (Lipinski definition) is 0. The molecule has 0 bridgehead atoms. The van der Waals surface area contributed by atoms with Crippen LogP contribution in [-0.2, 0) is 28.5 Å². The highest BCUT2D eigenvalue weighted by molar-refractivity contribution is 5.92. The third-order valence-corrected chi connectivity index (χ3v) is 6.34. The van der Waals surface area contributed by atoms with E-state index in [4.69, 9.17) is 37.9 Å². The minimum atomic E-state index is -1.30. The Kier molecular flexibility index (Phi) is 12.5. The van der Waals surface area contributed by atoms with Crippen LogP contribution in [0.3, 0.4) is 0 Å². The van der Waals surface area contributed by atoms with Crippen molar-refractivity contribution in [3.05, 3.63) is 89.5 Å². The van der Waals surface area contributed by atoms with Crippen molar-refractivity contribution in [1.29, 1.82) is 0 Å². The maximum Gasteiger partial charge on any atom is 0.513 e. The predicted octanol–water partition coefficient (Wildman–Crippen LogP) is 5.31. The Hall–Kier alpha value is -5.92. The van der Waals surface area contributed by atoms with E-state index in [0.717, 1.165) is 12.8 Å². The van der Waals surface area contributed by atoms with Crippen molar-refractivity contribution in [2.45, 2.75) is 32.8 Å². The molecule has 14 nitrogen and oxygen atoms in total. The molecule has 3 aromatic carbocycles. The molecule has 0 amide bonds. The minimum absolute atomic E-state index is 0.00228. The van der Waals surface area contributed by atoms with E-state index in [-0.39, 0.29) is 53.1 Å². The fourth-order valence-corrected chi connectivity index (χ4v) is 3.90. The van der Waals surface area contributed by atoms with Crippen LogP contribution in [0.2, 0.25) is 0 Å². The van der Waals surface area contributed by atoms with E-state index in [9.17, 15) is 28.8 Å². The van der Waals surface area contributed by atoms with Gasteiger partial charge in [0.05, 0.1) is 35.8 Å². The number of rotatable bonds is 14. The molecule has 252 valence electrons. The second-order valence-corrected chi connectivity index (χ2v) is 10.1. The molecule has 3 aromatic rings. The Labute approximate surface area is 274 Å². The first kappa shape index (κ1) is 34.9. The average molecular weight is 665 g/mol. The highest BCUT2D eigenvalue weighted by Gasteiger charge is 2.32. The first-order chi connectivity index (χ1) is 23.1. The van der Waals surface area contributed by atoms with Crippen molar-refractivity contribution in [2.24, 2.45) is 5.92 Å². The Bertz CT molecular complexity index is 1560. The largest absolute Gasteiger partial charge is 0.513 e. The van der Waals surface area contributed by atoms with Crippen LogP contribution in [0.25, 0.3) is 0 Å². The summed E-state index contributed by atoms with van der Waals surface area (Å²) >= 11 is 0. The van der Waals surface area contributed by atoms with Crippen LogP contribution in [0.1, 0.15) is 57.8 Å². The van der Waals surface area contributed by atoms with E-state index in [1.165, 1.54) is 72.8 Å². The lowest BCUT2D eigenvalue weighted by Gasteiger charge is -2.18. The molecule has 0 spiro atoms. The molecule has 1 fully saturated rings. The van der Waals surface area contributed by atoms with Gasteiger partial charge in [0.1, 0.15) is 30.5 Å².